The van der Waals surface area contributed by atoms with Crippen molar-refractivity contribution < 1.29 is 4.74 Å². The first-order valence-electron chi connectivity index (χ1n) is 10.2. The van der Waals surface area contributed by atoms with Crippen molar-refractivity contribution in [2.45, 2.75) is 36.6 Å². The summed E-state index contributed by atoms with van der Waals surface area (Å²) in [5, 5.41) is 4.77. The highest BCUT2D eigenvalue weighted by Crippen LogP contribution is 2.38. The van der Waals surface area contributed by atoms with Crippen LogP contribution in [0.3, 0.4) is 0 Å². The Kier molecular flexibility index (Phi) is 5.66. The monoisotopic (exact) mass is 466 g/mol. The summed E-state index contributed by atoms with van der Waals surface area (Å²) in [5.41, 5.74) is 14.3. The van der Waals surface area contributed by atoms with Crippen LogP contribution in [0, 0.1) is 0 Å². The maximum atomic E-state index is 6.32. The van der Waals surface area contributed by atoms with E-state index in [4.69, 9.17) is 21.2 Å². The number of nitrogen functional groups attached to an aromatic ring is 2. The molecule has 0 spiro atoms. The van der Waals surface area contributed by atoms with Crippen LogP contribution in [0.25, 0.3) is 10.2 Å². The number of nitrogens with two attached hydrogens (primary N) is 2. The third kappa shape index (κ3) is 4.13. The largest absolute Gasteiger partial charge is 0.495 e. The fraction of sp³-hybridized carbons (Fsp3) is 0.286. The van der Waals surface area contributed by atoms with Crippen molar-refractivity contribution in [2.75, 3.05) is 23.9 Å². The lowest BCUT2D eigenvalue weighted by molar-refractivity contribution is 0.417. The van der Waals surface area contributed by atoms with E-state index in [0.29, 0.717) is 34.2 Å². The van der Waals surface area contributed by atoms with E-state index in [1.54, 1.807) is 18.4 Å². The second-order valence-corrected chi connectivity index (χ2v) is 9.36. The topological polar surface area (TPSA) is 138 Å². The maximum absolute atomic E-state index is 6.32. The molecule has 0 bridgehead atoms. The number of anilines is 4. The summed E-state index contributed by atoms with van der Waals surface area (Å²) < 4.78 is 5.36. The minimum absolute atomic E-state index is 0.134. The van der Waals surface area contributed by atoms with E-state index >= 15 is 0 Å². The third-order valence-corrected chi connectivity index (χ3v) is 7.23. The molecule has 164 valence electrons. The minimum atomic E-state index is 0.134. The van der Waals surface area contributed by atoms with Crippen LogP contribution in [-0.2, 0) is 18.6 Å². The molecule has 0 saturated heterocycles. The van der Waals surface area contributed by atoms with Crippen LogP contribution in [0.1, 0.15) is 29.1 Å². The lowest BCUT2D eigenvalue weighted by atomic mass is 9.97. The number of aromatic nitrogens is 5. The number of benzene rings is 1. The van der Waals surface area contributed by atoms with Crippen molar-refractivity contribution in [3.05, 3.63) is 40.5 Å². The molecule has 1 aromatic carbocycles. The molecule has 5 rings (SSSR count). The summed E-state index contributed by atoms with van der Waals surface area (Å²) in [6.45, 7) is 0. The van der Waals surface area contributed by atoms with Crippen LogP contribution >= 0.6 is 23.1 Å². The van der Waals surface area contributed by atoms with Crippen molar-refractivity contribution in [3.8, 4) is 5.75 Å². The molecule has 0 fully saturated rings. The van der Waals surface area contributed by atoms with Crippen molar-refractivity contribution in [1.82, 2.24) is 24.9 Å². The van der Waals surface area contributed by atoms with Crippen molar-refractivity contribution >= 4 is 56.7 Å². The highest BCUT2D eigenvalue weighted by molar-refractivity contribution is 7.98. The van der Waals surface area contributed by atoms with Gasteiger partial charge in [0.1, 0.15) is 22.2 Å². The molecule has 11 heteroatoms. The first-order chi connectivity index (χ1) is 15.6. The van der Waals surface area contributed by atoms with E-state index < -0.39 is 0 Å². The average Bonchev–Trinajstić information content (AvgIpc) is 3.17. The van der Waals surface area contributed by atoms with Gasteiger partial charge in [-0.3, -0.25) is 0 Å². The Labute approximate surface area is 193 Å². The average molecular weight is 467 g/mol. The number of methoxy groups -OCH3 is 1. The zero-order valence-electron chi connectivity index (χ0n) is 17.5. The van der Waals surface area contributed by atoms with Gasteiger partial charge in [-0.1, -0.05) is 23.9 Å². The van der Waals surface area contributed by atoms with Crippen LogP contribution < -0.4 is 21.5 Å². The van der Waals surface area contributed by atoms with Crippen molar-refractivity contribution in [2.24, 2.45) is 0 Å². The number of nitrogens with one attached hydrogen (secondary N) is 1. The summed E-state index contributed by atoms with van der Waals surface area (Å²) >= 11 is 3.16. The van der Waals surface area contributed by atoms with Crippen molar-refractivity contribution in [3.63, 3.8) is 0 Å². The Bertz CT molecular complexity index is 1290. The quantitative estimate of drug-likeness (QED) is 0.283. The lowest BCUT2D eigenvalue weighted by Gasteiger charge is -2.11. The van der Waals surface area contributed by atoms with Gasteiger partial charge in [-0.05, 0) is 43.4 Å². The molecule has 1 aliphatic rings. The number of fused-ring (bicyclic) bond motifs is 3. The predicted molar refractivity (Wildman–Crippen MR) is 129 cm³/mol. The van der Waals surface area contributed by atoms with Crippen LogP contribution in [-0.4, -0.2) is 32.0 Å². The molecule has 0 atom stereocenters. The summed E-state index contributed by atoms with van der Waals surface area (Å²) in [5.74, 6) is 2.66. The van der Waals surface area contributed by atoms with Gasteiger partial charge in [0.2, 0.25) is 11.9 Å². The van der Waals surface area contributed by atoms with E-state index in [-0.39, 0.29) is 5.95 Å². The van der Waals surface area contributed by atoms with Crippen LogP contribution in [0.2, 0.25) is 0 Å². The Morgan fingerprint density at radius 1 is 1.06 bits per heavy atom. The number of thiophene rings is 1. The number of hydrogen-bond donors (Lipinski definition) is 3. The number of hydrogen-bond acceptors (Lipinski definition) is 11. The molecule has 0 aliphatic heterocycles. The van der Waals surface area contributed by atoms with E-state index in [2.05, 4.69) is 25.3 Å². The lowest BCUT2D eigenvalue weighted by Crippen LogP contribution is -2.07. The molecule has 0 saturated carbocycles. The number of para-hydroxylation sites is 2. The zero-order valence-corrected chi connectivity index (χ0v) is 19.1. The van der Waals surface area contributed by atoms with E-state index in [1.165, 1.54) is 35.0 Å². The molecule has 1 aliphatic carbocycles. The highest BCUT2D eigenvalue weighted by Gasteiger charge is 2.20. The zero-order chi connectivity index (χ0) is 22.1. The van der Waals surface area contributed by atoms with Crippen molar-refractivity contribution in [1.29, 1.82) is 0 Å². The number of nitrogens with zero attached hydrogens (tertiary/aromatic N) is 5. The SMILES string of the molecule is COc1ccccc1Nc1nc(N)nc(CSc2nc(N)c3c4c(sc3n2)CCCC4)n1. The predicted octanol–water partition coefficient (Wildman–Crippen LogP) is 3.96. The second-order valence-electron chi connectivity index (χ2n) is 7.33. The number of thioether (sulfide) groups is 1. The van der Waals surface area contributed by atoms with Gasteiger partial charge in [0.25, 0.3) is 0 Å². The molecule has 3 heterocycles. The molecule has 32 heavy (non-hydrogen) atoms. The normalized spacial score (nSPS) is 13.2. The molecular formula is C21H22N8OS2. The van der Waals surface area contributed by atoms with Gasteiger partial charge in [-0.15, -0.1) is 11.3 Å². The summed E-state index contributed by atoms with van der Waals surface area (Å²) in [7, 11) is 1.61. The smallest absolute Gasteiger partial charge is 0.232 e. The third-order valence-electron chi connectivity index (χ3n) is 5.20. The first kappa shape index (κ1) is 20.7. The molecule has 0 radical (unpaired) electrons. The van der Waals surface area contributed by atoms with E-state index in [0.717, 1.165) is 28.7 Å². The number of rotatable bonds is 6. The van der Waals surface area contributed by atoms with Crippen LogP contribution in [0.5, 0.6) is 5.75 Å². The molecule has 9 nitrogen and oxygen atoms in total. The molecular weight excluding hydrogens is 444 g/mol. The molecule has 3 aromatic heterocycles. The summed E-state index contributed by atoms with van der Waals surface area (Å²) in [6.07, 6.45) is 4.58. The van der Waals surface area contributed by atoms with E-state index in [9.17, 15) is 0 Å². The minimum Gasteiger partial charge on any atom is -0.495 e. The van der Waals surface area contributed by atoms with Gasteiger partial charge in [-0.2, -0.15) is 15.0 Å². The number of ether oxygens (including phenoxy) is 1. The Hall–Kier alpha value is -3.18. The Morgan fingerprint density at radius 2 is 1.91 bits per heavy atom. The van der Waals surface area contributed by atoms with Gasteiger partial charge < -0.3 is 21.5 Å². The highest BCUT2D eigenvalue weighted by atomic mass is 32.2. The van der Waals surface area contributed by atoms with Gasteiger partial charge in [-0.25, -0.2) is 9.97 Å². The maximum Gasteiger partial charge on any atom is 0.232 e. The standard InChI is InChI=1S/C21H22N8OS2/c1-30-13-8-4-3-7-12(13)24-20-26-15(25-19(23)29-20)10-31-21-27-17(22)16-11-6-2-5-9-14(11)32-18(16)28-21/h3-4,7-8H,2,5-6,9-10H2,1H3,(H2,22,27,28)(H3,23,24,25,26,29). The van der Waals surface area contributed by atoms with Gasteiger partial charge in [0.15, 0.2) is 5.16 Å². The molecule has 5 N–H and O–H groups in total. The molecule has 0 unspecified atom stereocenters. The first-order valence-corrected chi connectivity index (χ1v) is 12.0. The fourth-order valence-corrected chi connectivity index (χ4v) is 5.82. The second kappa shape index (κ2) is 8.75. The number of aryl methyl sites for hydroxylation is 2. The summed E-state index contributed by atoms with van der Waals surface area (Å²) in [6, 6.07) is 7.51. The van der Waals surface area contributed by atoms with E-state index in [1.807, 2.05) is 24.3 Å². The molecule has 4 aromatic rings. The fourth-order valence-electron chi connectivity index (χ4n) is 3.79. The Balaban J connectivity index is 1.36. The molecule has 0 amide bonds. The van der Waals surface area contributed by atoms with Crippen LogP contribution in [0.4, 0.5) is 23.4 Å². The van der Waals surface area contributed by atoms with Gasteiger partial charge >= 0.3 is 0 Å². The Morgan fingerprint density at radius 3 is 2.78 bits per heavy atom. The van der Waals surface area contributed by atoms with Gasteiger partial charge in [0.05, 0.1) is 23.9 Å². The van der Waals surface area contributed by atoms with Crippen LogP contribution in [0.15, 0.2) is 29.4 Å². The summed E-state index contributed by atoms with van der Waals surface area (Å²) in [4.78, 5) is 24.5. The van der Waals surface area contributed by atoms with Gasteiger partial charge in [0, 0.05) is 4.88 Å².